The molecular weight excluding hydrogens is 219 g/mol. The summed E-state index contributed by atoms with van der Waals surface area (Å²) in [6.45, 7) is 0. The van der Waals surface area contributed by atoms with Crippen molar-refractivity contribution in [3.8, 4) is 4.92 Å². The number of halogens is 3. The molecule has 5 heavy (non-hydrogen) atoms. The van der Waals surface area contributed by atoms with Crippen molar-refractivity contribution in [1.29, 1.82) is 0 Å². The molecule has 0 aliphatic rings. The topological polar surface area (TPSA) is 0 Å². The molecule has 0 N–H and O–H groups in total. The van der Waals surface area contributed by atoms with Crippen molar-refractivity contribution in [2.24, 2.45) is 0 Å². The van der Waals surface area contributed by atoms with E-state index in [1.54, 1.807) is 0 Å². The molecule has 0 bridgehead atoms. The Balaban J connectivity index is 3.66. The van der Waals surface area contributed by atoms with Gasteiger partial charge in [0.05, 0.1) is 0 Å². The molecule has 0 spiro atoms. The third-order valence-electron chi connectivity index (χ3n) is 0. The fraction of sp³-hybridized carbons (Fsp3) is 0. The summed E-state index contributed by atoms with van der Waals surface area (Å²) in [6, 6.07) is 0. The maximum atomic E-state index is 5.01. The van der Waals surface area contributed by atoms with Gasteiger partial charge in [-0.15, -0.1) is 0 Å². The molecule has 0 heterocycles. The van der Waals surface area contributed by atoms with E-state index >= 15 is 0 Å². The summed E-state index contributed by atoms with van der Waals surface area (Å²) >= 11 is -2.94. The van der Waals surface area contributed by atoms with Crippen LogP contribution in [0, 0.1) is 4.92 Å². The van der Waals surface area contributed by atoms with Gasteiger partial charge in [-0.25, -0.2) is 0 Å². The van der Waals surface area contributed by atoms with Crippen LogP contribution in [0.2, 0.25) is 0 Å². The first-order chi connectivity index (χ1) is 2.00. The Hall–Kier alpha value is 1.27. The van der Waals surface area contributed by atoms with Crippen LogP contribution >= 0.6 is 29.1 Å². The van der Waals surface area contributed by atoms with E-state index in [1.165, 1.54) is 0 Å². The molecule has 0 saturated carbocycles. The van der Waals surface area contributed by atoms with Gasteiger partial charge in [0.1, 0.15) is 0 Å². The monoisotopic (exact) mass is 220 g/mol. The van der Waals surface area contributed by atoms with Crippen molar-refractivity contribution in [3.05, 3.63) is 0 Å². The average molecular weight is 220 g/mol. The molecule has 0 aromatic rings. The van der Waals surface area contributed by atoms with E-state index in [2.05, 4.69) is 0 Å². The minimum absolute atomic E-state index is 2.94. The SMILES string of the molecule is [CH]#[Ru]([Cl])([Cl])[Cl]. The Morgan fingerprint density at radius 3 is 1.20 bits per heavy atom. The van der Waals surface area contributed by atoms with E-state index in [1.807, 2.05) is 0 Å². The summed E-state index contributed by atoms with van der Waals surface area (Å²) in [5.74, 6) is 0. The summed E-state index contributed by atoms with van der Waals surface area (Å²) < 4.78 is 0. The van der Waals surface area contributed by atoms with Crippen LogP contribution in [0.25, 0.3) is 0 Å². The van der Waals surface area contributed by atoms with Gasteiger partial charge in [0.15, 0.2) is 0 Å². The van der Waals surface area contributed by atoms with Gasteiger partial charge in [0.2, 0.25) is 0 Å². The van der Waals surface area contributed by atoms with Gasteiger partial charge < -0.3 is 0 Å². The Morgan fingerprint density at radius 1 is 1.20 bits per heavy atom. The van der Waals surface area contributed by atoms with Crippen LogP contribution in [0.1, 0.15) is 0 Å². The zero-order valence-corrected chi connectivity index (χ0v) is 6.07. The van der Waals surface area contributed by atoms with E-state index in [9.17, 15) is 0 Å². The van der Waals surface area contributed by atoms with Gasteiger partial charge in [-0.05, 0) is 0 Å². The first-order valence-corrected chi connectivity index (χ1v) is 8.32. The minimum atomic E-state index is -2.94. The molecule has 0 rings (SSSR count). The van der Waals surface area contributed by atoms with E-state index in [0.717, 1.165) is 0 Å². The molecular formula is CHCl3Ru. The van der Waals surface area contributed by atoms with Gasteiger partial charge in [-0.2, -0.15) is 0 Å². The molecule has 0 nitrogen and oxygen atoms in total. The summed E-state index contributed by atoms with van der Waals surface area (Å²) in [6.07, 6.45) is 0. The predicted octanol–water partition coefficient (Wildman–Crippen LogP) is 2.19. The van der Waals surface area contributed by atoms with Crippen LogP contribution in [-0.2, 0) is 11.2 Å². The molecule has 0 aliphatic carbocycles. The summed E-state index contributed by atoms with van der Waals surface area (Å²) in [5.41, 5.74) is 0. The van der Waals surface area contributed by atoms with Crippen LogP contribution in [0.3, 0.4) is 0 Å². The van der Waals surface area contributed by atoms with Gasteiger partial charge >= 0.3 is 45.1 Å². The van der Waals surface area contributed by atoms with Crippen molar-refractivity contribution in [2.45, 2.75) is 0 Å². The third kappa shape index (κ3) is 34.8. The number of rotatable bonds is 0. The Labute approximate surface area is 45.1 Å². The van der Waals surface area contributed by atoms with Crippen LogP contribution in [0.4, 0.5) is 0 Å². The van der Waals surface area contributed by atoms with E-state index in [-0.39, 0.29) is 0 Å². The molecule has 0 fully saturated rings. The molecule has 0 radical (unpaired) electrons. The molecule has 0 atom stereocenters. The maximum absolute atomic E-state index is 5.01. The zero-order valence-electron chi connectivity index (χ0n) is 2.06. The van der Waals surface area contributed by atoms with E-state index in [4.69, 9.17) is 34.0 Å². The van der Waals surface area contributed by atoms with Crippen molar-refractivity contribution in [3.63, 3.8) is 0 Å². The Morgan fingerprint density at radius 2 is 1.20 bits per heavy atom. The van der Waals surface area contributed by atoms with Gasteiger partial charge in [-0.1, -0.05) is 0 Å². The molecule has 0 unspecified atom stereocenters. The Bertz CT molecular complexity index is 86.0. The second-order valence-electron chi connectivity index (χ2n) is 0.383. The first-order valence-electron chi connectivity index (χ1n) is 0.605. The molecule has 0 saturated heterocycles. The van der Waals surface area contributed by atoms with E-state index < -0.39 is 11.2 Å². The predicted molar refractivity (Wildman–Crippen MR) is 22.5 cm³/mol. The number of hydrogen-bond donors (Lipinski definition) is 0. The molecule has 0 aromatic carbocycles. The molecule has 4 heteroatoms. The average Bonchev–Trinajstić information content (AvgIpc) is 0.722. The number of hydrogen-bond acceptors (Lipinski definition) is 0. The summed E-state index contributed by atoms with van der Waals surface area (Å²) in [4.78, 5) is 4.82. The molecule has 34 valence electrons. The van der Waals surface area contributed by atoms with Crippen molar-refractivity contribution in [1.82, 2.24) is 0 Å². The molecule has 0 amide bonds. The second kappa shape index (κ2) is 1.82. The van der Waals surface area contributed by atoms with Crippen molar-refractivity contribution in [2.75, 3.05) is 0 Å². The van der Waals surface area contributed by atoms with Gasteiger partial charge in [-0.3, -0.25) is 0 Å². The van der Waals surface area contributed by atoms with Crippen molar-refractivity contribution >= 4 is 29.1 Å². The normalized spacial score (nSPS) is 14.8. The Kier molecular flexibility index (Phi) is 2.28. The molecule has 0 aromatic heterocycles. The van der Waals surface area contributed by atoms with Crippen LogP contribution in [0.5, 0.6) is 0 Å². The third-order valence-corrected chi connectivity index (χ3v) is 0. The van der Waals surface area contributed by atoms with Crippen LogP contribution in [-0.4, -0.2) is 0 Å². The zero-order chi connectivity index (χ0) is 4.50. The standard InChI is InChI=1S/CH.3ClH.Ru/h4*1H;/q;;;;+3/p-3. The summed E-state index contributed by atoms with van der Waals surface area (Å²) in [7, 11) is 15.0. The quantitative estimate of drug-likeness (QED) is 0.549. The van der Waals surface area contributed by atoms with Gasteiger partial charge in [0.25, 0.3) is 0 Å². The fourth-order valence-electron chi connectivity index (χ4n) is 0. The fourth-order valence-corrected chi connectivity index (χ4v) is 0. The summed E-state index contributed by atoms with van der Waals surface area (Å²) in [5, 5.41) is 0. The second-order valence-corrected chi connectivity index (χ2v) is 12.2. The first kappa shape index (κ1) is 6.27. The van der Waals surface area contributed by atoms with Crippen LogP contribution in [0.15, 0.2) is 0 Å². The van der Waals surface area contributed by atoms with Crippen LogP contribution < -0.4 is 0 Å². The van der Waals surface area contributed by atoms with Gasteiger partial charge in [0, 0.05) is 0 Å². The molecule has 0 aliphatic heterocycles. The van der Waals surface area contributed by atoms with Crippen molar-refractivity contribution < 1.29 is 11.2 Å². The van der Waals surface area contributed by atoms with E-state index in [0.29, 0.717) is 0 Å².